The Morgan fingerprint density at radius 1 is 1.26 bits per heavy atom. The minimum absolute atomic E-state index is 0.0211. The van der Waals surface area contributed by atoms with Crippen LogP contribution in [0.3, 0.4) is 0 Å². The maximum atomic E-state index is 11.8. The standard InChI is InChI=1S/C26H31ClN6O2/c1-2-23(34)33-13-11-32(12-14-33)17-26(35)9-7-18(8-10-26)30-25-29-16-21(27)24(31-25)20-15-28-22-6-4-3-5-19(20)22/h2-6,15-16,18,28,35H,1,7-14,17H2,(H,29,30,31). The molecular formula is C26H31ClN6O2. The highest BCUT2D eigenvalue weighted by Crippen LogP contribution is 2.34. The number of benzene rings is 1. The molecule has 184 valence electrons. The molecule has 2 aromatic heterocycles. The largest absolute Gasteiger partial charge is 0.389 e. The topological polar surface area (TPSA) is 97.4 Å². The van der Waals surface area contributed by atoms with Gasteiger partial charge in [0.25, 0.3) is 0 Å². The number of piperazine rings is 1. The molecule has 5 rings (SSSR count). The summed E-state index contributed by atoms with van der Waals surface area (Å²) in [6, 6.07) is 8.25. The van der Waals surface area contributed by atoms with Crippen molar-refractivity contribution in [1.29, 1.82) is 0 Å². The minimum Gasteiger partial charge on any atom is -0.389 e. The number of aromatic nitrogens is 3. The first kappa shape index (κ1) is 23.8. The molecule has 2 fully saturated rings. The molecule has 0 spiro atoms. The number of para-hydroxylation sites is 1. The monoisotopic (exact) mass is 494 g/mol. The van der Waals surface area contributed by atoms with Crippen molar-refractivity contribution in [1.82, 2.24) is 24.8 Å². The van der Waals surface area contributed by atoms with Crippen molar-refractivity contribution in [2.45, 2.75) is 37.3 Å². The van der Waals surface area contributed by atoms with E-state index in [4.69, 9.17) is 16.6 Å². The average Bonchev–Trinajstić information content (AvgIpc) is 3.31. The number of fused-ring (bicyclic) bond motifs is 1. The molecule has 0 atom stereocenters. The fourth-order valence-corrected chi connectivity index (χ4v) is 5.40. The van der Waals surface area contributed by atoms with Gasteiger partial charge in [-0.1, -0.05) is 36.4 Å². The number of carbonyl (C=O) groups is 1. The number of hydrogen-bond donors (Lipinski definition) is 3. The van der Waals surface area contributed by atoms with E-state index in [1.165, 1.54) is 6.08 Å². The smallest absolute Gasteiger partial charge is 0.246 e. The second kappa shape index (κ2) is 9.97. The van der Waals surface area contributed by atoms with E-state index < -0.39 is 5.60 Å². The van der Waals surface area contributed by atoms with Crippen LogP contribution < -0.4 is 5.32 Å². The zero-order valence-electron chi connectivity index (χ0n) is 19.7. The van der Waals surface area contributed by atoms with Gasteiger partial charge in [-0.2, -0.15) is 0 Å². The highest BCUT2D eigenvalue weighted by molar-refractivity contribution is 6.33. The third-order valence-corrected chi connectivity index (χ3v) is 7.49. The molecule has 8 nitrogen and oxygen atoms in total. The highest BCUT2D eigenvalue weighted by atomic mass is 35.5. The normalized spacial score (nSPS) is 23.4. The van der Waals surface area contributed by atoms with Gasteiger partial charge < -0.3 is 20.3 Å². The molecule has 3 heterocycles. The Bertz CT molecular complexity index is 1210. The van der Waals surface area contributed by atoms with Crippen LogP contribution in [0.15, 0.2) is 49.3 Å². The molecule has 9 heteroatoms. The summed E-state index contributed by atoms with van der Waals surface area (Å²) in [6.45, 7) is 7.11. The van der Waals surface area contributed by atoms with E-state index >= 15 is 0 Å². The van der Waals surface area contributed by atoms with Crippen molar-refractivity contribution >= 4 is 34.4 Å². The lowest BCUT2D eigenvalue weighted by Gasteiger charge is -2.42. The lowest BCUT2D eigenvalue weighted by molar-refractivity contribution is -0.128. The summed E-state index contributed by atoms with van der Waals surface area (Å²) in [6.07, 6.45) is 8.02. The maximum absolute atomic E-state index is 11.8. The Balaban J connectivity index is 1.18. The third kappa shape index (κ3) is 5.19. The number of nitrogens with zero attached hydrogens (tertiary/aromatic N) is 4. The number of H-pyrrole nitrogens is 1. The van der Waals surface area contributed by atoms with Gasteiger partial charge in [0.2, 0.25) is 11.9 Å². The molecule has 0 bridgehead atoms. The fraction of sp³-hybridized carbons (Fsp3) is 0.423. The van der Waals surface area contributed by atoms with E-state index in [0.29, 0.717) is 49.1 Å². The van der Waals surface area contributed by atoms with Gasteiger partial charge in [-0.25, -0.2) is 9.97 Å². The van der Waals surface area contributed by atoms with Crippen molar-refractivity contribution in [2.75, 3.05) is 38.0 Å². The minimum atomic E-state index is -0.709. The molecule has 0 radical (unpaired) electrons. The van der Waals surface area contributed by atoms with Crippen LogP contribution in [0.2, 0.25) is 5.02 Å². The molecule has 1 aliphatic carbocycles. The van der Waals surface area contributed by atoms with Crippen LogP contribution in [0.1, 0.15) is 25.7 Å². The predicted octanol–water partition coefficient (Wildman–Crippen LogP) is 3.69. The van der Waals surface area contributed by atoms with Crippen LogP contribution in [0.25, 0.3) is 22.2 Å². The van der Waals surface area contributed by atoms with Gasteiger partial charge in [0.15, 0.2) is 0 Å². The lowest BCUT2D eigenvalue weighted by atomic mass is 9.81. The van der Waals surface area contributed by atoms with E-state index in [9.17, 15) is 9.90 Å². The van der Waals surface area contributed by atoms with Gasteiger partial charge in [0, 0.05) is 61.4 Å². The molecule has 3 aromatic rings. The lowest BCUT2D eigenvalue weighted by Crippen LogP contribution is -2.54. The van der Waals surface area contributed by atoms with E-state index in [2.05, 4.69) is 26.8 Å². The summed E-state index contributed by atoms with van der Waals surface area (Å²) >= 11 is 6.46. The third-order valence-electron chi connectivity index (χ3n) is 7.21. The van der Waals surface area contributed by atoms with Crippen LogP contribution in [-0.2, 0) is 4.79 Å². The molecule has 1 amide bonds. The van der Waals surface area contributed by atoms with Crippen molar-refractivity contribution in [3.8, 4) is 11.3 Å². The summed E-state index contributed by atoms with van der Waals surface area (Å²) in [5, 5.41) is 16.2. The molecule has 1 aliphatic heterocycles. The molecule has 0 unspecified atom stereocenters. The number of halogens is 1. The molecule has 1 saturated heterocycles. The van der Waals surface area contributed by atoms with E-state index in [1.54, 1.807) is 6.20 Å². The zero-order valence-corrected chi connectivity index (χ0v) is 20.5. The van der Waals surface area contributed by atoms with Gasteiger partial charge in [-0.05, 0) is 37.8 Å². The number of anilines is 1. The number of carbonyl (C=O) groups excluding carboxylic acids is 1. The average molecular weight is 495 g/mol. The second-order valence-electron chi connectivity index (χ2n) is 9.59. The Morgan fingerprint density at radius 2 is 2.00 bits per heavy atom. The summed E-state index contributed by atoms with van der Waals surface area (Å²) in [4.78, 5) is 28.3. The molecule has 3 N–H and O–H groups in total. The van der Waals surface area contributed by atoms with Crippen molar-refractivity contribution in [3.63, 3.8) is 0 Å². The number of nitrogens with one attached hydrogen (secondary N) is 2. The molecule has 1 saturated carbocycles. The van der Waals surface area contributed by atoms with Crippen molar-refractivity contribution in [2.24, 2.45) is 0 Å². The maximum Gasteiger partial charge on any atom is 0.246 e. The van der Waals surface area contributed by atoms with Crippen LogP contribution in [0.4, 0.5) is 5.95 Å². The van der Waals surface area contributed by atoms with Gasteiger partial charge in [0.1, 0.15) is 0 Å². The first-order valence-electron chi connectivity index (χ1n) is 12.2. The highest BCUT2D eigenvalue weighted by Gasteiger charge is 2.36. The first-order chi connectivity index (χ1) is 16.9. The SMILES string of the molecule is C=CC(=O)N1CCN(CC2(O)CCC(Nc3ncc(Cl)c(-c4c[nH]c5ccccc45)n3)CC2)CC1. The second-order valence-corrected chi connectivity index (χ2v) is 9.99. The van der Waals surface area contributed by atoms with Gasteiger partial charge >= 0.3 is 0 Å². The Hall–Kier alpha value is -2.94. The number of aromatic amines is 1. The molecule has 35 heavy (non-hydrogen) atoms. The van der Waals surface area contributed by atoms with E-state index in [-0.39, 0.29) is 11.9 Å². The van der Waals surface area contributed by atoms with Gasteiger partial charge in [-0.3, -0.25) is 9.69 Å². The van der Waals surface area contributed by atoms with Gasteiger partial charge in [0.05, 0.1) is 22.5 Å². The summed E-state index contributed by atoms with van der Waals surface area (Å²) in [7, 11) is 0. The Kier molecular flexibility index (Phi) is 6.77. The Labute approximate surface area is 210 Å². The zero-order chi connectivity index (χ0) is 24.4. The number of aliphatic hydroxyl groups is 1. The first-order valence-corrected chi connectivity index (χ1v) is 12.5. The van der Waals surface area contributed by atoms with Crippen LogP contribution in [0.5, 0.6) is 0 Å². The van der Waals surface area contributed by atoms with Crippen LogP contribution in [-0.4, -0.2) is 80.1 Å². The fourth-order valence-electron chi connectivity index (χ4n) is 5.20. The predicted molar refractivity (Wildman–Crippen MR) is 138 cm³/mol. The number of amides is 1. The Morgan fingerprint density at radius 3 is 2.74 bits per heavy atom. The number of β-amino-alcohol motifs (C(OH)–C–C–N with tert-alkyl or cyclic N) is 1. The molecular weight excluding hydrogens is 464 g/mol. The summed E-state index contributed by atoms with van der Waals surface area (Å²) in [5.74, 6) is 0.528. The summed E-state index contributed by atoms with van der Waals surface area (Å²) in [5.41, 5.74) is 1.97. The van der Waals surface area contributed by atoms with Crippen molar-refractivity contribution < 1.29 is 9.90 Å². The summed E-state index contributed by atoms with van der Waals surface area (Å²) < 4.78 is 0. The quantitative estimate of drug-likeness (QED) is 0.452. The van der Waals surface area contributed by atoms with Crippen LogP contribution in [0, 0.1) is 0 Å². The van der Waals surface area contributed by atoms with Crippen LogP contribution >= 0.6 is 11.6 Å². The number of hydrogen-bond acceptors (Lipinski definition) is 6. The van der Waals surface area contributed by atoms with E-state index in [0.717, 1.165) is 42.4 Å². The molecule has 1 aromatic carbocycles. The van der Waals surface area contributed by atoms with E-state index in [1.807, 2.05) is 35.4 Å². The van der Waals surface area contributed by atoms with Crippen molar-refractivity contribution in [3.05, 3.63) is 54.3 Å². The van der Waals surface area contributed by atoms with Gasteiger partial charge in [-0.15, -0.1) is 0 Å². The molecule has 2 aliphatic rings. The number of rotatable bonds is 6.